The molecule has 0 aromatic heterocycles. The van der Waals surface area contributed by atoms with Crippen LogP contribution in [0.5, 0.6) is 5.75 Å². The molecule has 0 saturated carbocycles. The van der Waals surface area contributed by atoms with E-state index in [1.807, 2.05) is 48.5 Å². The van der Waals surface area contributed by atoms with Crippen molar-refractivity contribution in [1.82, 2.24) is 0 Å². The van der Waals surface area contributed by atoms with Crippen LogP contribution in [0, 0.1) is 0 Å². The van der Waals surface area contributed by atoms with Crippen molar-refractivity contribution in [3.05, 3.63) is 76.9 Å². The van der Waals surface area contributed by atoms with Gasteiger partial charge < -0.3 is 14.6 Å². The van der Waals surface area contributed by atoms with Gasteiger partial charge in [-0.3, -0.25) is 0 Å². The number of sulfone groups is 1. The molecule has 0 spiro atoms. The summed E-state index contributed by atoms with van der Waals surface area (Å²) < 4.78 is 36.2. The fraction of sp³-hybridized carbons (Fsp3) is 0.333. The number of fused-ring (bicyclic) bond motifs is 1. The Morgan fingerprint density at radius 1 is 1.17 bits per heavy atom. The molecule has 4 rings (SSSR count). The van der Waals surface area contributed by atoms with E-state index in [1.165, 1.54) is 0 Å². The van der Waals surface area contributed by atoms with Crippen LogP contribution in [0.15, 0.2) is 65.7 Å². The molecular formula is C24H26O5S. The van der Waals surface area contributed by atoms with E-state index in [1.54, 1.807) is 19.2 Å². The largest absolute Gasteiger partial charge is 0.507 e. The molecule has 1 fully saturated rings. The summed E-state index contributed by atoms with van der Waals surface area (Å²) >= 11 is 0. The molecule has 0 radical (unpaired) electrons. The van der Waals surface area contributed by atoms with Crippen LogP contribution in [0.2, 0.25) is 0 Å². The van der Waals surface area contributed by atoms with Gasteiger partial charge in [-0.1, -0.05) is 48.5 Å². The van der Waals surface area contributed by atoms with Crippen LogP contribution in [0.25, 0.3) is 11.6 Å². The van der Waals surface area contributed by atoms with E-state index in [4.69, 9.17) is 9.47 Å². The van der Waals surface area contributed by atoms with E-state index in [-0.39, 0.29) is 24.2 Å². The summed E-state index contributed by atoms with van der Waals surface area (Å²) in [6.07, 6.45) is 3.13. The van der Waals surface area contributed by atoms with Gasteiger partial charge in [-0.15, -0.1) is 0 Å². The van der Waals surface area contributed by atoms with Crippen molar-refractivity contribution < 1.29 is 23.0 Å². The number of phenolic OH excluding ortho intramolecular Hbond substituents is 1. The van der Waals surface area contributed by atoms with E-state index in [0.29, 0.717) is 19.4 Å². The van der Waals surface area contributed by atoms with Crippen molar-refractivity contribution in [2.75, 3.05) is 26.1 Å². The van der Waals surface area contributed by atoms with Gasteiger partial charge in [0, 0.05) is 12.7 Å². The number of rotatable bonds is 7. The Balaban J connectivity index is 1.61. The number of hydrogen-bond acceptors (Lipinski definition) is 5. The zero-order valence-corrected chi connectivity index (χ0v) is 17.8. The standard InChI is InChI=1S/C24H26O5S/c1-28-14-20-16-30(26,27)23-15-29-22(24(20)23)12-11-18(17-7-3-2-4-8-17)13-19-9-5-6-10-21(19)25/h2-10,13,22-23,25H,11-12,14-16H2,1H3/b18-13-/t22-,23+/m1/s1. The molecule has 158 valence electrons. The zero-order valence-electron chi connectivity index (χ0n) is 17.0. The number of phenols is 1. The normalized spacial score (nSPS) is 23.0. The first-order valence-electron chi connectivity index (χ1n) is 10.1. The minimum atomic E-state index is -3.20. The molecule has 0 amide bonds. The van der Waals surface area contributed by atoms with Crippen molar-refractivity contribution in [2.45, 2.75) is 24.2 Å². The lowest BCUT2D eigenvalue weighted by Crippen LogP contribution is -2.19. The molecule has 2 aromatic rings. The van der Waals surface area contributed by atoms with Gasteiger partial charge in [0.1, 0.15) is 11.0 Å². The molecule has 2 aromatic carbocycles. The molecule has 0 aliphatic carbocycles. The summed E-state index contributed by atoms with van der Waals surface area (Å²) in [5, 5.41) is 9.67. The number of aromatic hydroxyl groups is 1. The Bertz CT molecular complexity index is 1070. The van der Waals surface area contributed by atoms with E-state index >= 15 is 0 Å². The summed E-state index contributed by atoms with van der Waals surface area (Å²) in [5.41, 5.74) is 4.63. The highest BCUT2D eigenvalue weighted by Gasteiger charge is 2.46. The van der Waals surface area contributed by atoms with Crippen molar-refractivity contribution in [3.63, 3.8) is 0 Å². The second kappa shape index (κ2) is 8.76. The van der Waals surface area contributed by atoms with Crippen LogP contribution in [0.1, 0.15) is 24.0 Å². The van der Waals surface area contributed by atoms with Crippen LogP contribution in [0.3, 0.4) is 0 Å². The van der Waals surface area contributed by atoms with Crippen molar-refractivity contribution >= 4 is 21.5 Å². The fourth-order valence-corrected chi connectivity index (χ4v) is 6.27. The van der Waals surface area contributed by atoms with Gasteiger partial charge in [0.2, 0.25) is 0 Å². The SMILES string of the molecule is COCC1=C2[C@@H](CC/C(=C/c3ccccc3O)c3ccccc3)OC[C@@H]2S(=O)(=O)C1. The van der Waals surface area contributed by atoms with Gasteiger partial charge in [0.05, 0.1) is 25.1 Å². The Morgan fingerprint density at radius 2 is 1.90 bits per heavy atom. The minimum Gasteiger partial charge on any atom is -0.507 e. The molecule has 5 nitrogen and oxygen atoms in total. The molecule has 2 aliphatic heterocycles. The molecule has 0 bridgehead atoms. The maximum Gasteiger partial charge on any atom is 0.163 e. The number of hydrogen-bond donors (Lipinski definition) is 1. The van der Waals surface area contributed by atoms with E-state index in [9.17, 15) is 13.5 Å². The summed E-state index contributed by atoms with van der Waals surface area (Å²) in [7, 11) is -1.62. The Labute approximate surface area is 177 Å². The van der Waals surface area contributed by atoms with E-state index < -0.39 is 15.1 Å². The third-order valence-electron chi connectivity index (χ3n) is 5.77. The van der Waals surface area contributed by atoms with Gasteiger partial charge in [0.15, 0.2) is 9.84 Å². The van der Waals surface area contributed by atoms with Gasteiger partial charge >= 0.3 is 0 Å². The number of allylic oxidation sites excluding steroid dienone is 1. The second-order valence-electron chi connectivity index (χ2n) is 7.74. The first-order valence-corrected chi connectivity index (χ1v) is 11.8. The molecule has 2 aliphatic rings. The predicted octanol–water partition coefficient (Wildman–Crippen LogP) is 3.85. The third kappa shape index (κ3) is 4.21. The highest BCUT2D eigenvalue weighted by Crippen LogP contribution is 2.39. The average molecular weight is 427 g/mol. The van der Waals surface area contributed by atoms with Gasteiger partial charge in [-0.25, -0.2) is 8.42 Å². The third-order valence-corrected chi connectivity index (χ3v) is 7.77. The first-order chi connectivity index (χ1) is 14.5. The van der Waals surface area contributed by atoms with Crippen LogP contribution < -0.4 is 0 Å². The topological polar surface area (TPSA) is 72.8 Å². The lowest BCUT2D eigenvalue weighted by Gasteiger charge is -2.16. The monoisotopic (exact) mass is 426 g/mol. The van der Waals surface area contributed by atoms with Crippen LogP contribution in [-0.2, 0) is 19.3 Å². The molecule has 0 unspecified atom stereocenters. The molecule has 2 atom stereocenters. The summed E-state index contributed by atoms with van der Waals surface area (Å²) in [6.45, 7) is 0.545. The quantitative estimate of drug-likeness (QED) is 0.538. The Hall–Kier alpha value is -2.41. The lowest BCUT2D eigenvalue weighted by molar-refractivity contribution is 0.118. The van der Waals surface area contributed by atoms with Crippen molar-refractivity contribution in [2.24, 2.45) is 0 Å². The average Bonchev–Trinajstić information content (AvgIpc) is 3.27. The predicted molar refractivity (Wildman–Crippen MR) is 118 cm³/mol. The number of ether oxygens (including phenoxy) is 2. The van der Waals surface area contributed by atoms with Crippen LogP contribution in [0.4, 0.5) is 0 Å². The van der Waals surface area contributed by atoms with Crippen molar-refractivity contribution in [1.29, 1.82) is 0 Å². The molecule has 1 saturated heterocycles. The smallest absolute Gasteiger partial charge is 0.163 e. The van der Waals surface area contributed by atoms with Crippen molar-refractivity contribution in [3.8, 4) is 5.75 Å². The van der Waals surface area contributed by atoms with E-state index in [0.717, 1.165) is 27.8 Å². The number of benzene rings is 2. The maximum atomic E-state index is 12.5. The van der Waals surface area contributed by atoms with Gasteiger partial charge in [0.25, 0.3) is 0 Å². The zero-order chi connectivity index (χ0) is 21.1. The molecule has 2 heterocycles. The summed E-state index contributed by atoms with van der Waals surface area (Å²) in [4.78, 5) is 0. The van der Waals surface area contributed by atoms with Gasteiger partial charge in [-0.2, -0.15) is 0 Å². The molecule has 6 heteroatoms. The molecule has 1 N–H and O–H groups in total. The summed E-state index contributed by atoms with van der Waals surface area (Å²) in [5.74, 6) is 0.301. The van der Waals surface area contributed by atoms with E-state index in [2.05, 4.69) is 0 Å². The number of methoxy groups -OCH3 is 1. The van der Waals surface area contributed by atoms with Crippen LogP contribution in [-0.4, -0.2) is 51.0 Å². The Kier molecular flexibility index (Phi) is 6.09. The highest BCUT2D eigenvalue weighted by atomic mass is 32.2. The number of para-hydroxylation sites is 1. The Morgan fingerprint density at radius 3 is 2.63 bits per heavy atom. The highest BCUT2D eigenvalue weighted by molar-refractivity contribution is 7.92. The molecular weight excluding hydrogens is 400 g/mol. The maximum absolute atomic E-state index is 12.5. The lowest BCUT2D eigenvalue weighted by atomic mass is 9.93. The molecule has 30 heavy (non-hydrogen) atoms. The first kappa shape index (κ1) is 20.8. The summed E-state index contributed by atoms with van der Waals surface area (Å²) in [6, 6.07) is 17.3. The second-order valence-corrected chi connectivity index (χ2v) is 9.93. The minimum absolute atomic E-state index is 0.0694. The van der Waals surface area contributed by atoms with Gasteiger partial charge in [-0.05, 0) is 47.3 Å². The van der Waals surface area contributed by atoms with Crippen LogP contribution >= 0.6 is 0 Å². The fourth-order valence-electron chi connectivity index (χ4n) is 4.34.